The third kappa shape index (κ3) is 6.28. The minimum Gasteiger partial charge on any atom is -0.443 e. The maximum atomic E-state index is 12.1. The molecule has 0 N–H and O–H groups in total. The van der Waals surface area contributed by atoms with Crippen LogP contribution in [0.5, 0.6) is 0 Å². The second-order valence-electron chi connectivity index (χ2n) is 6.91. The molecule has 1 heterocycles. The average Bonchev–Trinajstić information content (AvgIpc) is 2.40. The lowest BCUT2D eigenvalue weighted by Crippen LogP contribution is -2.49. The standard InChI is InChI=1S/C15H24N4O4/c1-10(5-6-17-18-16)7-11-9-19(13(21)8-12(11)20)14(22)23-15(2,3)4/h10-11H,5-9H2,1-4H3/t10-,11?/m0/s1. The highest BCUT2D eigenvalue weighted by atomic mass is 16.6. The van der Waals surface area contributed by atoms with Crippen molar-refractivity contribution in [3.8, 4) is 0 Å². The Morgan fingerprint density at radius 1 is 1.48 bits per heavy atom. The quantitative estimate of drug-likeness (QED) is 0.334. The molecule has 0 aromatic carbocycles. The molecule has 0 radical (unpaired) electrons. The van der Waals surface area contributed by atoms with Crippen LogP contribution in [0.2, 0.25) is 0 Å². The Morgan fingerprint density at radius 2 is 2.13 bits per heavy atom. The summed E-state index contributed by atoms with van der Waals surface area (Å²) in [5, 5.41) is 3.48. The Labute approximate surface area is 135 Å². The van der Waals surface area contributed by atoms with Crippen LogP contribution >= 0.6 is 0 Å². The fraction of sp³-hybridized carbons (Fsp3) is 0.800. The molecule has 1 aliphatic rings. The number of rotatable bonds is 5. The van der Waals surface area contributed by atoms with E-state index in [2.05, 4.69) is 10.0 Å². The molecule has 23 heavy (non-hydrogen) atoms. The number of amides is 2. The molecule has 0 aromatic rings. The molecular formula is C15H24N4O4. The van der Waals surface area contributed by atoms with Gasteiger partial charge in [0.05, 0.1) is 6.42 Å². The minimum absolute atomic E-state index is 0.0540. The zero-order valence-electron chi connectivity index (χ0n) is 14.1. The van der Waals surface area contributed by atoms with Crippen LogP contribution in [0.4, 0.5) is 4.79 Å². The normalized spacial score (nSPS) is 20.0. The summed E-state index contributed by atoms with van der Waals surface area (Å²) in [6.07, 6.45) is 0.231. The van der Waals surface area contributed by atoms with Crippen molar-refractivity contribution in [2.75, 3.05) is 13.1 Å². The predicted octanol–water partition coefficient (Wildman–Crippen LogP) is 3.07. The molecule has 2 atom stereocenters. The topological polar surface area (TPSA) is 112 Å². The number of carbonyl (C=O) groups is 3. The van der Waals surface area contributed by atoms with Crippen molar-refractivity contribution in [2.45, 2.75) is 52.6 Å². The summed E-state index contributed by atoms with van der Waals surface area (Å²) in [6, 6.07) is 0. The molecule has 1 aliphatic heterocycles. The van der Waals surface area contributed by atoms with Gasteiger partial charge in [-0.05, 0) is 45.1 Å². The van der Waals surface area contributed by atoms with Gasteiger partial charge in [0.2, 0.25) is 5.91 Å². The van der Waals surface area contributed by atoms with Crippen LogP contribution in [0.15, 0.2) is 5.11 Å². The van der Waals surface area contributed by atoms with E-state index in [0.29, 0.717) is 19.4 Å². The third-order valence-electron chi connectivity index (χ3n) is 3.57. The summed E-state index contributed by atoms with van der Waals surface area (Å²) in [6.45, 7) is 7.54. The van der Waals surface area contributed by atoms with Crippen molar-refractivity contribution in [3.05, 3.63) is 10.4 Å². The van der Waals surface area contributed by atoms with Gasteiger partial charge in [-0.2, -0.15) is 0 Å². The van der Waals surface area contributed by atoms with E-state index < -0.39 is 17.6 Å². The van der Waals surface area contributed by atoms with Gasteiger partial charge in [-0.25, -0.2) is 9.69 Å². The number of ether oxygens (including phenoxy) is 1. The van der Waals surface area contributed by atoms with E-state index in [-0.39, 0.29) is 30.6 Å². The van der Waals surface area contributed by atoms with Gasteiger partial charge < -0.3 is 4.74 Å². The fourth-order valence-electron chi connectivity index (χ4n) is 2.44. The Kier molecular flexibility index (Phi) is 6.57. The summed E-state index contributed by atoms with van der Waals surface area (Å²) < 4.78 is 5.22. The fourth-order valence-corrected chi connectivity index (χ4v) is 2.44. The highest BCUT2D eigenvalue weighted by Crippen LogP contribution is 2.24. The molecule has 0 saturated carbocycles. The summed E-state index contributed by atoms with van der Waals surface area (Å²) in [7, 11) is 0. The number of ketones is 1. The average molecular weight is 324 g/mol. The number of imide groups is 1. The highest BCUT2D eigenvalue weighted by Gasteiger charge is 2.38. The molecular weight excluding hydrogens is 300 g/mol. The summed E-state index contributed by atoms with van der Waals surface area (Å²) in [4.78, 5) is 39.8. The molecule has 1 unspecified atom stereocenters. The van der Waals surface area contributed by atoms with Gasteiger partial charge in [-0.1, -0.05) is 12.0 Å². The SMILES string of the molecule is C[C@@H](CCN=[N+]=[N-])CC1CN(C(=O)OC(C)(C)C)C(=O)CC1=O. The first-order valence-electron chi connectivity index (χ1n) is 7.71. The van der Waals surface area contributed by atoms with E-state index in [1.165, 1.54) is 0 Å². The van der Waals surface area contributed by atoms with Crippen LogP contribution in [0.25, 0.3) is 10.4 Å². The molecule has 1 fully saturated rings. The van der Waals surface area contributed by atoms with Crippen molar-refractivity contribution < 1.29 is 19.1 Å². The largest absolute Gasteiger partial charge is 0.443 e. The van der Waals surface area contributed by atoms with E-state index in [4.69, 9.17) is 10.3 Å². The predicted molar refractivity (Wildman–Crippen MR) is 83.5 cm³/mol. The lowest BCUT2D eigenvalue weighted by molar-refractivity contribution is -0.142. The summed E-state index contributed by atoms with van der Waals surface area (Å²) >= 11 is 0. The van der Waals surface area contributed by atoms with Crippen molar-refractivity contribution in [2.24, 2.45) is 17.0 Å². The number of carbonyl (C=O) groups excluding carboxylic acids is 3. The van der Waals surface area contributed by atoms with Crippen LogP contribution in [-0.2, 0) is 14.3 Å². The molecule has 1 saturated heterocycles. The summed E-state index contributed by atoms with van der Waals surface area (Å²) in [5.74, 6) is -0.892. The monoisotopic (exact) mass is 324 g/mol. The van der Waals surface area contributed by atoms with Gasteiger partial charge >= 0.3 is 6.09 Å². The Balaban J connectivity index is 2.67. The minimum atomic E-state index is -0.707. The number of hydrogen-bond donors (Lipinski definition) is 0. The number of azide groups is 1. The molecule has 8 nitrogen and oxygen atoms in total. The van der Waals surface area contributed by atoms with Crippen molar-refractivity contribution in [1.29, 1.82) is 0 Å². The first-order valence-corrected chi connectivity index (χ1v) is 7.71. The Morgan fingerprint density at radius 3 is 2.70 bits per heavy atom. The number of hydrogen-bond acceptors (Lipinski definition) is 5. The summed E-state index contributed by atoms with van der Waals surface area (Å²) in [5.41, 5.74) is 7.57. The van der Waals surface area contributed by atoms with Crippen LogP contribution in [-0.4, -0.2) is 41.4 Å². The van der Waals surface area contributed by atoms with E-state index in [1.54, 1.807) is 20.8 Å². The zero-order valence-corrected chi connectivity index (χ0v) is 14.1. The maximum Gasteiger partial charge on any atom is 0.417 e. The van der Waals surface area contributed by atoms with E-state index in [9.17, 15) is 14.4 Å². The van der Waals surface area contributed by atoms with Crippen molar-refractivity contribution in [1.82, 2.24) is 4.90 Å². The van der Waals surface area contributed by atoms with E-state index in [0.717, 1.165) is 4.90 Å². The first kappa shape index (κ1) is 19.0. The van der Waals surface area contributed by atoms with E-state index >= 15 is 0 Å². The lowest BCUT2D eigenvalue weighted by atomic mass is 9.86. The molecule has 0 spiro atoms. The van der Waals surface area contributed by atoms with E-state index in [1.807, 2.05) is 6.92 Å². The Hall–Kier alpha value is -2.08. The number of nitrogens with zero attached hydrogens (tertiary/aromatic N) is 4. The Bertz CT molecular complexity index is 520. The van der Waals surface area contributed by atoms with Crippen molar-refractivity contribution in [3.63, 3.8) is 0 Å². The van der Waals surface area contributed by atoms with Gasteiger partial charge in [0.15, 0.2) is 0 Å². The van der Waals surface area contributed by atoms with Gasteiger partial charge in [0.25, 0.3) is 0 Å². The number of Topliss-reactive ketones (excluding diaryl/α,β-unsaturated/α-hetero) is 1. The molecule has 0 aromatic heterocycles. The second-order valence-corrected chi connectivity index (χ2v) is 6.91. The van der Waals surface area contributed by atoms with Gasteiger partial charge in [-0.3, -0.25) is 9.59 Å². The second kappa shape index (κ2) is 7.97. The molecule has 0 bridgehead atoms. The highest BCUT2D eigenvalue weighted by molar-refractivity contribution is 6.06. The molecule has 8 heteroatoms. The van der Waals surface area contributed by atoms with Crippen LogP contribution < -0.4 is 0 Å². The van der Waals surface area contributed by atoms with Crippen molar-refractivity contribution >= 4 is 17.8 Å². The third-order valence-corrected chi connectivity index (χ3v) is 3.57. The lowest BCUT2D eigenvalue weighted by Gasteiger charge is -2.32. The first-order chi connectivity index (χ1) is 10.6. The zero-order chi connectivity index (χ0) is 17.6. The molecule has 1 rings (SSSR count). The van der Waals surface area contributed by atoms with Gasteiger partial charge in [-0.15, -0.1) is 0 Å². The van der Waals surface area contributed by atoms with Gasteiger partial charge in [0, 0.05) is 23.9 Å². The maximum absolute atomic E-state index is 12.1. The number of piperidine rings is 1. The van der Waals surface area contributed by atoms with Crippen LogP contribution in [0.1, 0.15) is 47.0 Å². The molecule has 2 amide bonds. The molecule has 128 valence electrons. The molecule has 0 aliphatic carbocycles. The van der Waals surface area contributed by atoms with Crippen LogP contribution in [0, 0.1) is 11.8 Å². The van der Waals surface area contributed by atoms with Gasteiger partial charge in [0.1, 0.15) is 11.4 Å². The smallest absolute Gasteiger partial charge is 0.417 e. The van der Waals surface area contributed by atoms with Crippen LogP contribution in [0.3, 0.4) is 0 Å². The number of likely N-dealkylation sites (tertiary alicyclic amines) is 1.